The Labute approximate surface area is 158 Å². The molecule has 0 aromatic heterocycles. The first kappa shape index (κ1) is 20.5. The fourth-order valence-electron chi connectivity index (χ4n) is 3.00. The first-order valence-corrected chi connectivity index (χ1v) is 8.72. The Balaban J connectivity index is 2.08. The summed E-state index contributed by atoms with van der Waals surface area (Å²) in [7, 11) is 3.06. The van der Waals surface area contributed by atoms with Crippen LogP contribution in [-0.2, 0) is 14.4 Å². The second kappa shape index (κ2) is 8.28. The standard InChI is InChI=1S/C19H26N2O6/c1-19(2,6-5-17(23)24)20-18(25)12-7-16(22)21(11-12)13-8-14(26-3)10-15(9-13)27-4/h8-10,12H,5-7,11H2,1-4H3,(H,20,25)(H,23,24). The van der Waals surface area contributed by atoms with Gasteiger partial charge in [-0.3, -0.25) is 14.4 Å². The van der Waals surface area contributed by atoms with E-state index in [0.717, 1.165) is 0 Å². The van der Waals surface area contributed by atoms with Crippen molar-refractivity contribution in [3.8, 4) is 11.5 Å². The summed E-state index contributed by atoms with van der Waals surface area (Å²) in [5, 5.41) is 11.7. The van der Waals surface area contributed by atoms with E-state index in [1.54, 1.807) is 36.9 Å². The molecule has 1 aliphatic heterocycles. The number of carboxylic acids is 1. The molecule has 0 radical (unpaired) electrons. The van der Waals surface area contributed by atoms with Gasteiger partial charge in [-0.2, -0.15) is 0 Å². The Bertz CT molecular complexity index is 709. The number of aliphatic carboxylic acids is 1. The third-order valence-electron chi connectivity index (χ3n) is 4.57. The predicted molar refractivity (Wildman–Crippen MR) is 99.1 cm³/mol. The molecule has 1 heterocycles. The Morgan fingerprint density at radius 1 is 1.22 bits per heavy atom. The van der Waals surface area contributed by atoms with Gasteiger partial charge in [-0.15, -0.1) is 0 Å². The van der Waals surface area contributed by atoms with E-state index in [2.05, 4.69) is 5.32 Å². The van der Waals surface area contributed by atoms with E-state index in [1.807, 2.05) is 0 Å². The van der Waals surface area contributed by atoms with E-state index in [4.69, 9.17) is 14.6 Å². The molecule has 148 valence electrons. The number of carbonyl (C=O) groups is 3. The molecule has 0 aliphatic carbocycles. The van der Waals surface area contributed by atoms with Crippen molar-refractivity contribution in [1.29, 1.82) is 0 Å². The molecule has 8 nitrogen and oxygen atoms in total. The number of anilines is 1. The summed E-state index contributed by atoms with van der Waals surface area (Å²) in [4.78, 5) is 37.3. The van der Waals surface area contributed by atoms with E-state index in [9.17, 15) is 14.4 Å². The fourth-order valence-corrected chi connectivity index (χ4v) is 3.00. The van der Waals surface area contributed by atoms with Crippen molar-refractivity contribution in [3.63, 3.8) is 0 Å². The van der Waals surface area contributed by atoms with Crippen molar-refractivity contribution >= 4 is 23.5 Å². The number of hydrogen-bond acceptors (Lipinski definition) is 5. The van der Waals surface area contributed by atoms with Gasteiger partial charge in [-0.05, 0) is 20.3 Å². The second-order valence-corrected chi connectivity index (χ2v) is 7.24. The van der Waals surface area contributed by atoms with Crippen molar-refractivity contribution in [2.24, 2.45) is 5.92 Å². The van der Waals surface area contributed by atoms with Gasteiger partial charge in [0, 0.05) is 43.1 Å². The molecule has 2 amide bonds. The van der Waals surface area contributed by atoms with E-state index < -0.39 is 17.4 Å². The molecule has 27 heavy (non-hydrogen) atoms. The highest BCUT2D eigenvalue weighted by Crippen LogP contribution is 2.32. The van der Waals surface area contributed by atoms with Crippen molar-refractivity contribution in [1.82, 2.24) is 5.32 Å². The molecule has 0 saturated carbocycles. The number of amides is 2. The molecular formula is C19H26N2O6. The molecule has 1 aliphatic rings. The molecule has 0 spiro atoms. The third-order valence-corrected chi connectivity index (χ3v) is 4.57. The predicted octanol–water partition coefficient (Wildman–Crippen LogP) is 1.82. The summed E-state index contributed by atoms with van der Waals surface area (Å²) in [6, 6.07) is 5.15. The summed E-state index contributed by atoms with van der Waals surface area (Å²) in [6.45, 7) is 3.79. The number of benzene rings is 1. The van der Waals surface area contributed by atoms with Crippen LogP contribution in [-0.4, -0.2) is 49.2 Å². The van der Waals surface area contributed by atoms with Gasteiger partial charge in [0.2, 0.25) is 11.8 Å². The lowest BCUT2D eigenvalue weighted by Gasteiger charge is -2.27. The highest BCUT2D eigenvalue weighted by molar-refractivity contribution is 6.00. The van der Waals surface area contributed by atoms with Gasteiger partial charge in [0.05, 0.1) is 25.8 Å². The van der Waals surface area contributed by atoms with E-state index in [1.165, 1.54) is 14.2 Å². The molecule has 1 atom stereocenters. The van der Waals surface area contributed by atoms with Crippen LogP contribution in [0.15, 0.2) is 18.2 Å². The minimum atomic E-state index is -0.911. The smallest absolute Gasteiger partial charge is 0.303 e. The maximum absolute atomic E-state index is 12.6. The zero-order chi connectivity index (χ0) is 20.2. The Morgan fingerprint density at radius 3 is 2.33 bits per heavy atom. The number of nitrogens with one attached hydrogen (secondary N) is 1. The highest BCUT2D eigenvalue weighted by atomic mass is 16.5. The quantitative estimate of drug-likeness (QED) is 0.715. The molecule has 1 saturated heterocycles. The van der Waals surface area contributed by atoms with Gasteiger partial charge >= 0.3 is 5.97 Å². The third kappa shape index (κ3) is 5.35. The Morgan fingerprint density at radius 2 is 1.81 bits per heavy atom. The molecule has 2 rings (SSSR count). The van der Waals surface area contributed by atoms with Gasteiger partial charge in [-0.1, -0.05) is 0 Å². The van der Waals surface area contributed by atoms with Crippen molar-refractivity contribution in [3.05, 3.63) is 18.2 Å². The maximum Gasteiger partial charge on any atom is 0.303 e. The number of ether oxygens (including phenoxy) is 2. The Kier molecular flexibility index (Phi) is 6.30. The highest BCUT2D eigenvalue weighted by Gasteiger charge is 2.37. The van der Waals surface area contributed by atoms with Crippen molar-refractivity contribution in [2.75, 3.05) is 25.7 Å². The average molecular weight is 378 g/mol. The second-order valence-electron chi connectivity index (χ2n) is 7.24. The maximum atomic E-state index is 12.6. The lowest BCUT2D eigenvalue weighted by Crippen LogP contribution is -2.46. The van der Waals surface area contributed by atoms with Crippen molar-refractivity contribution in [2.45, 2.75) is 38.6 Å². The SMILES string of the molecule is COc1cc(OC)cc(N2CC(C(=O)NC(C)(C)CCC(=O)O)CC2=O)c1. The number of methoxy groups -OCH3 is 2. The van der Waals surface area contributed by atoms with Crippen LogP contribution in [0.2, 0.25) is 0 Å². The topological polar surface area (TPSA) is 105 Å². The summed E-state index contributed by atoms with van der Waals surface area (Å²) < 4.78 is 10.5. The summed E-state index contributed by atoms with van der Waals surface area (Å²) in [5.41, 5.74) is -0.0536. The lowest BCUT2D eigenvalue weighted by atomic mass is 9.96. The minimum absolute atomic E-state index is 0.0351. The Hall–Kier alpha value is -2.77. The van der Waals surface area contributed by atoms with Crippen LogP contribution >= 0.6 is 0 Å². The van der Waals surface area contributed by atoms with Crippen LogP contribution in [0, 0.1) is 5.92 Å². The molecular weight excluding hydrogens is 352 g/mol. The van der Waals surface area contributed by atoms with E-state index in [0.29, 0.717) is 23.6 Å². The van der Waals surface area contributed by atoms with E-state index >= 15 is 0 Å². The van der Waals surface area contributed by atoms with Crippen molar-refractivity contribution < 1.29 is 29.0 Å². The number of hydrogen-bond donors (Lipinski definition) is 2. The minimum Gasteiger partial charge on any atom is -0.497 e. The lowest BCUT2D eigenvalue weighted by molar-refractivity contribution is -0.138. The van der Waals surface area contributed by atoms with Crippen LogP contribution in [0.4, 0.5) is 5.69 Å². The normalized spacial score (nSPS) is 17.0. The molecule has 1 aromatic rings. The molecule has 0 bridgehead atoms. The van der Waals surface area contributed by atoms with Gasteiger partial charge < -0.3 is 24.8 Å². The van der Waals surface area contributed by atoms with Crippen LogP contribution in [0.1, 0.15) is 33.1 Å². The van der Waals surface area contributed by atoms with Gasteiger partial charge in [0.1, 0.15) is 11.5 Å². The summed E-state index contributed by atoms with van der Waals surface area (Å²) in [5.74, 6) is -0.713. The first-order chi connectivity index (χ1) is 12.6. The molecule has 2 N–H and O–H groups in total. The number of rotatable bonds is 8. The van der Waals surface area contributed by atoms with Crippen LogP contribution in [0.5, 0.6) is 11.5 Å². The molecule has 1 unspecified atom stereocenters. The number of carbonyl (C=O) groups excluding carboxylic acids is 2. The van der Waals surface area contributed by atoms with Gasteiger partial charge in [0.15, 0.2) is 0 Å². The number of nitrogens with zero attached hydrogens (tertiary/aromatic N) is 1. The molecule has 8 heteroatoms. The average Bonchev–Trinajstić information content (AvgIpc) is 3.01. The fraction of sp³-hybridized carbons (Fsp3) is 0.526. The van der Waals surface area contributed by atoms with Gasteiger partial charge in [0.25, 0.3) is 0 Å². The zero-order valence-corrected chi connectivity index (χ0v) is 16.1. The van der Waals surface area contributed by atoms with E-state index in [-0.39, 0.29) is 31.2 Å². The first-order valence-electron chi connectivity index (χ1n) is 8.72. The summed E-state index contributed by atoms with van der Waals surface area (Å²) >= 11 is 0. The number of carboxylic acid groups (broad SMARTS) is 1. The zero-order valence-electron chi connectivity index (χ0n) is 16.1. The van der Waals surface area contributed by atoms with Crippen LogP contribution in [0.25, 0.3) is 0 Å². The molecule has 1 aromatic carbocycles. The molecule has 1 fully saturated rings. The van der Waals surface area contributed by atoms with Crippen LogP contribution < -0.4 is 19.7 Å². The van der Waals surface area contributed by atoms with Crippen LogP contribution in [0.3, 0.4) is 0 Å². The van der Waals surface area contributed by atoms with Gasteiger partial charge in [-0.25, -0.2) is 0 Å². The monoisotopic (exact) mass is 378 g/mol. The summed E-state index contributed by atoms with van der Waals surface area (Å²) in [6.07, 6.45) is 0.374. The largest absolute Gasteiger partial charge is 0.497 e.